The van der Waals surface area contributed by atoms with E-state index in [0.717, 1.165) is 34.3 Å². The van der Waals surface area contributed by atoms with Gasteiger partial charge in [-0.2, -0.15) is 13.2 Å². The molecular formula is C17H14F3NOS. The van der Waals surface area contributed by atoms with Crippen molar-refractivity contribution in [2.45, 2.75) is 19.0 Å². The van der Waals surface area contributed by atoms with Gasteiger partial charge in [0.2, 0.25) is 0 Å². The van der Waals surface area contributed by atoms with Crippen molar-refractivity contribution in [3.8, 4) is 10.6 Å². The monoisotopic (exact) mass is 337 g/mol. The summed E-state index contributed by atoms with van der Waals surface area (Å²) in [6.45, 7) is 0.150. The highest BCUT2D eigenvalue weighted by molar-refractivity contribution is 7.21. The molecule has 0 aliphatic carbocycles. The fourth-order valence-corrected chi connectivity index (χ4v) is 3.37. The molecule has 0 aliphatic rings. The van der Waals surface area contributed by atoms with Crippen LogP contribution in [0.1, 0.15) is 17.5 Å². The summed E-state index contributed by atoms with van der Waals surface area (Å²) in [5, 5.41) is 9.59. The molecule has 2 nitrogen and oxygen atoms in total. The number of alkyl halides is 3. The van der Waals surface area contributed by atoms with Gasteiger partial charge < -0.3 is 5.11 Å². The summed E-state index contributed by atoms with van der Waals surface area (Å²) in [6.07, 6.45) is -2.83. The van der Waals surface area contributed by atoms with Crippen LogP contribution in [0.15, 0.2) is 42.5 Å². The average Bonchev–Trinajstić information content (AvgIpc) is 2.95. The molecule has 1 aromatic heterocycles. The number of fused-ring (bicyclic) bond motifs is 1. The summed E-state index contributed by atoms with van der Waals surface area (Å²) in [5.41, 5.74) is 1.97. The van der Waals surface area contributed by atoms with Crippen molar-refractivity contribution >= 4 is 21.6 Å². The van der Waals surface area contributed by atoms with Crippen LogP contribution in [0.5, 0.6) is 0 Å². The molecular weight excluding hydrogens is 323 g/mol. The first-order chi connectivity index (χ1) is 11.0. The van der Waals surface area contributed by atoms with Crippen molar-refractivity contribution in [3.05, 3.63) is 53.6 Å². The lowest BCUT2D eigenvalue weighted by atomic mass is 10.1. The molecule has 0 aliphatic heterocycles. The summed E-state index contributed by atoms with van der Waals surface area (Å²) >= 11 is 1.46. The smallest absolute Gasteiger partial charge is 0.396 e. The number of halogens is 3. The first kappa shape index (κ1) is 16.0. The Balaban J connectivity index is 1.90. The summed E-state index contributed by atoms with van der Waals surface area (Å²) in [6, 6.07) is 11.0. The lowest BCUT2D eigenvalue weighted by Crippen LogP contribution is -2.03. The highest BCUT2D eigenvalue weighted by atomic mass is 32.1. The van der Waals surface area contributed by atoms with Crippen LogP contribution in [0, 0.1) is 0 Å². The molecule has 0 radical (unpaired) electrons. The Hall–Kier alpha value is -1.92. The number of nitrogens with zero attached hydrogens (tertiary/aromatic N) is 1. The number of aromatic nitrogens is 1. The van der Waals surface area contributed by atoms with Gasteiger partial charge in [-0.25, -0.2) is 4.98 Å². The predicted molar refractivity (Wildman–Crippen MR) is 85.5 cm³/mol. The molecule has 3 rings (SSSR count). The zero-order chi connectivity index (χ0) is 16.4. The van der Waals surface area contributed by atoms with Crippen LogP contribution in [0.4, 0.5) is 13.2 Å². The van der Waals surface area contributed by atoms with E-state index in [1.165, 1.54) is 23.5 Å². The van der Waals surface area contributed by atoms with Crippen LogP contribution >= 0.6 is 11.3 Å². The number of rotatable bonds is 4. The lowest BCUT2D eigenvalue weighted by molar-refractivity contribution is -0.137. The van der Waals surface area contributed by atoms with E-state index in [-0.39, 0.29) is 6.61 Å². The topological polar surface area (TPSA) is 33.1 Å². The van der Waals surface area contributed by atoms with Gasteiger partial charge in [-0.05, 0) is 42.7 Å². The maximum atomic E-state index is 12.6. The van der Waals surface area contributed by atoms with Gasteiger partial charge in [0.25, 0.3) is 0 Å². The van der Waals surface area contributed by atoms with Crippen LogP contribution in [-0.2, 0) is 12.6 Å². The first-order valence-corrected chi connectivity index (χ1v) is 7.97. The number of hydrogen-bond acceptors (Lipinski definition) is 3. The molecule has 23 heavy (non-hydrogen) atoms. The van der Waals surface area contributed by atoms with Gasteiger partial charge in [0.15, 0.2) is 0 Å². The van der Waals surface area contributed by atoms with Gasteiger partial charge in [-0.15, -0.1) is 11.3 Å². The molecule has 0 amide bonds. The van der Waals surface area contributed by atoms with E-state index in [1.54, 1.807) is 0 Å². The minimum Gasteiger partial charge on any atom is -0.396 e. The number of hydrogen-bond donors (Lipinski definition) is 1. The van der Waals surface area contributed by atoms with Gasteiger partial charge in [0, 0.05) is 12.2 Å². The number of aryl methyl sites for hydroxylation is 1. The van der Waals surface area contributed by atoms with Crippen molar-refractivity contribution in [2.24, 2.45) is 0 Å². The largest absolute Gasteiger partial charge is 0.416 e. The van der Waals surface area contributed by atoms with Gasteiger partial charge in [0.05, 0.1) is 15.8 Å². The van der Waals surface area contributed by atoms with E-state index in [0.29, 0.717) is 17.0 Å². The Morgan fingerprint density at radius 1 is 1.04 bits per heavy atom. The SMILES string of the molecule is OCCCc1ccc2nc(-c3ccc(C(F)(F)F)cc3)sc2c1. The molecule has 0 atom stereocenters. The second-order valence-electron chi connectivity index (χ2n) is 5.22. The molecule has 6 heteroatoms. The van der Waals surface area contributed by atoms with Gasteiger partial charge in [-0.1, -0.05) is 18.2 Å². The predicted octanol–water partition coefficient (Wildman–Crippen LogP) is 4.91. The molecule has 1 heterocycles. The molecule has 3 aromatic rings. The molecule has 2 aromatic carbocycles. The summed E-state index contributed by atoms with van der Waals surface area (Å²) < 4.78 is 38.8. The summed E-state index contributed by atoms with van der Waals surface area (Å²) in [5.74, 6) is 0. The number of benzene rings is 2. The molecule has 120 valence electrons. The molecule has 0 saturated heterocycles. The number of aliphatic hydroxyl groups is 1. The van der Waals surface area contributed by atoms with Crippen molar-refractivity contribution < 1.29 is 18.3 Å². The molecule has 1 N–H and O–H groups in total. The van der Waals surface area contributed by atoms with Crippen LogP contribution < -0.4 is 0 Å². The number of thiazole rings is 1. The Bertz CT molecular complexity index is 809. The quantitative estimate of drug-likeness (QED) is 0.734. The van der Waals surface area contributed by atoms with Crippen LogP contribution in [0.25, 0.3) is 20.8 Å². The fourth-order valence-electron chi connectivity index (χ4n) is 2.33. The normalized spacial score (nSPS) is 12.0. The standard InChI is InChI=1S/C17H14F3NOS/c18-17(19,20)13-6-4-12(5-7-13)16-21-14-8-3-11(2-1-9-22)10-15(14)23-16/h3-8,10,22H,1-2,9H2. The summed E-state index contributed by atoms with van der Waals surface area (Å²) in [4.78, 5) is 4.48. The van der Waals surface area contributed by atoms with E-state index in [9.17, 15) is 13.2 Å². The van der Waals surface area contributed by atoms with E-state index >= 15 is 0 Å². The first-order valence-electron chi connectivity index (χ1n) is 7.15. The molecule has 0 saturated carbocycles. The highest BCUT2D eigenvalue weighted by Crippen LogP contribution is 2.34. The van der Waals surface area contributed by atoms with E-state index in [1.807, 2.05) is 18.2 Å². The third kappa shape index (κ3) is 3.54. The number of aliphatic hydroxyl groups excluding tert-OH is 1. The highest BCUT2D eigenvalue weighted by Gasteiger charge is 2.30. The van der Waals surface area contributed by atoms with E-state index in [2.05, 4.69) is 4.98 Å². The van der Waals surface area contributed by atoms with Crippen LogP contribution in [0.2, 0.25) is 0 Å². The van der Waals surface area contributed by atoms with Gasteiger partial charge in [0.1, 0.15) is 5.01 Å². The van der Waals surface area contributed by atoms with Crippen molar-refractivity contribution in [2.75, 3.05) is 6.61 Å². The van der Waals surface area contributed by atoms with Gasteiger partial charge in [-0.3, -0.25) is 0 Å². The Labute approximate surface area is 135 Å². The van der Waals surface area contributed by atoms with Crippen molar-refractivity contribution in [1.29, 1.82) is 0 Å². The van der Waals surface area contributed by atoms with E-state index < -0.39 is 11.7 Å². The van der Waals surface area contributed by atoms with Crippen LogP contribution in [0.3, 0.4) is 0 Å². The Morgan fingerprint density at radius 2 is 1.78 bits per heavy atom. The van der Waals surface area contributed by atoms with Gasteiger partial charge >= 0.3 is 6.18 Å². The second-order valence-corrected chi connectivity index (χ2v) is 6.25. The zero-order valence-corrected chi connectivity index (χ0v) is 12.9. The lowest BCUT2D eigenvalue weighted by Gasteiger charge is -2.06. The summed E-state index contributed by atoms with van der Waals surface area (Å²) in [7, 11) is 0. The van der Waals surface area contributed by atoms with E-state index in [4.69, 9.17) is 5.11 Å². The van der Waals surface area contributed by atoms with Crippen molar-refractivity contribution in [1.82, 2.24) is 4.98 Å². The maximum Gasteiger partial charge on any atom is 0.416 e. The fraction of sp³-hybridized carbons (Fsp3) is 0.235. The Morgan fingerprint density at radius 3 is 2.43 bits per heavy atom. The zero-order valence-electron chi connectivity index (χ0n) is 12.1. The molecule has 0 spiro atoms. The third-order valence-electron chi connectivity index (χ3n) is 3.54. The minimum atomic E-state index is -4.33. The molecule has 0 bridgehead atoms. The van der Waals surface area contributed by atoms with Crippen LogP contribution in [-0.4, -0.2) is 16.7 Å². The Kier molecular flexibility index (Phi) is 4.37. The molecule has 0 unspecified atom stereocenters. The average molecular weight is 337 g/mol. The maximum absolute atomic E-state index is 12.6. The minimum absolute atomic E-state index is 0.150. The van der Waals surface area contributed by atoms with Crippen molar-refractivity contribution in [3.63, 3.8) is 0 Å². The third-order valence-corrected chi connectivity index (χ3v) is 4.60. The molecule has 0 fully saturated rings. The second kappa shape index (κ2) is 6.29.